The standard InChI is InChI=1S/C21H20ClF5O6/c22-14-6-1-10(19-18(31)17(30)16(29)15(8-28)33-19)7-13(14)21(26,27)11-2-4-12(5-3-11)32-9-20(23,24)25/h1-7,15-19,28-31H,8-9H2. The number of ether oxygens (including phenoxy) is 2. The van der Waals surface area contributed by atoms with Crippen LogP contribution in [0.25, 0.3) is 0 Å². The minimum atomic E-state index is -4.58. The van der Waals surface area contributed by atoms with Crippen LogP contribution in [0.1, 0.15) is 22.8 Å². The summed E-state index contributed by atoms with van der Waals surface area (Å²) in [5, 5.41) is 39.1. The number of hydrogen-bond donors (Lipinski definition) is 4. The number of aliphatic hydroxyl groups excluding tert-OH is 4. The monoisotopic (exact) mass is 498 g/mol. The molecule has 2 aromatic carbocycles. The van der Waals surface area contributed by atoms with Crippen molar-refractivity contribution in [2.75, 3.05) is 13.2 Å². The van der Waals surface area contributed by atoms with Crippen molar-refractivity contribution in [1.82, 2.24) is 0 Å². The van der Waals surface area contributed by atoms with E-state index in [-0.39, 0.29) is 16.3 Å². The molecule has 5 atom stereocenters. The van der Waals surface area contributed by atoms with Gasteiger partial charge in [0.1, 0.15) is 36.3 Å². The summed E-state index contributed by atoms with van der Waals surface area (Å²) in [6.45, 7) is -2.27. The molecular formula is C21H20ClF5O6. The highest BCUT2D eigenvalue weighted by Crippen LogP contribution is 2.42. The average Bonchev–Trinajstić information content (AvgIpc) is 2.76. The average molecular weight is 499 g/mol. The third-order valence-corrected chi connectivity index (χ3v) is 5.50. The zero-order valence-electron chi connectivity index (χ0n) is 16.7. The van der Waals surface area contributed by atoms with Gasteiger partial charge < -0.3 is 29.9 Å². The van der Waals surface area contributed by atoms with E-state index in [1.54, 1.807) is 0 Å². The predicted octanol–water partition coefficient (Wildman–Crippen LogP) is 2.94. The van der Waals surface area contributed by atoms with E-state index in [1.807, 2.05) is 0 Å². The fourth-order valence-corrected chi connectivity index (χ4v) is 3.65. The van der Waals surface area contributed by atoms with Gasteiger partial charge in [0.05, 0.1) is 11.6 Å². The van der Waals surface area contributed by atoms with Gasteiger partial charge in [-0.15, -0.1) is 0 Å². The highest BCUT2D eigenvalue weighted by Gasteiger charge is 2.45. The lowest BCUT2D eigenvalue weighted by atomic mass is 9.89. The molecule has 1 aliphatic rings. The minimum Gasteiger partial charge on any atom is -0.484 e. The second-order valence-corrected chi connectivity index (χ2v) is 7.90. The lowest BCUT2D eigenvalue weighted by Gasteiger charge is -2.40. The van der Waals surface area contributed by atoms with Crippen molar-refractivity contribution in [2.45, 2.75) is 42.6 Å². The molecule has 12 heteroatoms. The Morgan fingerprint density at radius 1 is 0.909 bits per heavy atom. The van der Waals surface area contributed by atoms with E-state index in [2.05, 4.69) is 4.74 Å². The van der Waals surface area contributed by atoms with E-state index in [9.17, 15) is 33.6 Å². The molecule has 0 spiro atoms. The largest absolute Gasteiger partial charge is 0.484 e. The fraction of sp³-hybridized carbons (Fsp3) is 0.429. The summed E-state index contributed by atoms with van der Waals surface area (Å²) >= 11 is 5.98. The molecule has 3 rings (SSSR count). The lowest BCUT2D eigenvalue weighted by Crippen LogP contribution is -2.55. The van der Waals surface area contributed by atoms with Crippen LogP contribution in [0.15, 0.2) is 42.5 Å². The van der Waals surface area contributed by atoms with Crippen molar-refractivity contribution in [1.29, 1.82) is 0 Å². The zero-order valence-corrected chi connectivity index (χ0v) is 17.5. The summed E-state index contributed by atoms with van der Waals surface area (Å²) in [7, 11) is 0. The Balaban J connectivity index is 1.89. The first kappa shape index (κ1) is 25.6. The fourth-order valence-electron chi connectivity index (χ4n) is 3.42. The molecule has 0 aromatic heterocycles. The van der Waals surface area contributed by atoms with Crippen LogP contribution in [0.3, 0.4) is 0 Å². The second-order valence-electron chi connectivity index (χ2n) is 7.49. The van der Waals surface area contributed by atoms with Crippen molar-refractivity contribution < 1.29 is 51.9 Å². The molecule has 4 N–H and O–H groups in total. The molecule has 6 nitrogen and oxygen atoms in total. The third kappa shape index (κ3) is 5.56. The third-order valence-electron chi connectivity index (χ3n) is 5.17. The van der Waals surface area contributed by atoms with Crippen LogP contribution in [-0.4, -0.2) is 64.2 Å². The maximum Gasteiger partial charge on any atom is 0.422 e. The predicted molar refractivity (Wildman–Crippen MR) is 105 cm³/mol. The van der Waals surface area contributed by atoms with E-state index in [1.165, 1.54) is 6.07 Å². The van der Waals surface area contributed by atoms with Crippen molar-refractivity contribution in [3.63, 3.8) is 0 Å². The van der Waals surface area contributed by atoms with E-state index in [4.69, 9.17) is 16.3 Å². The highest BCUT2D eigenvalue weighted by atomic mass is 35.5. The summed E-state index contributed by atoms with van der Waals surface area (Å²) in [4.78, 5) is 0. The molecule has 1 heterocycles. The summed E-state index contributed by atoms with van der Waals surface area (Å²) < 4.78 is 77.2. The molecule has 1 saturated heterocycles. The number of rotatable bonds is 6. The van der Waals surface area contributed by atoms with Gasteiger partial charge in [-0.3, -0.25) is 0 Å². The van der Waals surface area contributed by atoms with Gasteiger partial charge in [0.2, 0.25) is 0 Å². The van der Waals surface area contributed by atoms with Crippen LogP contribution in [0.5, 0.6) is 5.75 Å². The first-order chi connectivity index (χ1) is 15.3. The second kappa shape index (κ2) is 9.69. The smallest absolute Gasteiger partial charge is 0.422 e. The number of alkyl halides is 5. The van der Waals surface area contributed by atoms with Gasteiger partial charge in [-0.1, -0.05) is 17.7 Å². The Bertz CT molecular complexity index is 953. The van der Waals surface area contributed by atoms with E-state index < -0.39 is 67.0 Å². The molecule has 1 fully saturated rings. The lowest BCUT2D eigenvalue weighted by molar-refractivity contribution is -0.231. The normalized spacial score (nSPS) is 26.3. The van der Waals surface area contributed by atoms with Crippen molar-refractivity contribution in [3.8, 4) is 5.75 Å². The maximum atomic E-state index is 15.2. The molecular weight excluding hydrogens is 479 g/mol. The summed E-state index contributed by atoms with van der Waals surface area (Å²) in [5.41, 5.74) is -1.28. The van der Waals surface area contributed by atoms with Gasteiger partial charge in [-0.25, -0.2) is 0 Å². The molecule has 33 heavy (non-hydrogen) atoms. The van der Waals surface area contributed by atoms with Gasteiger partial charge in [-0.2, -0.15) is 22.0 Å². The van der Waals surface area contributed by atoms with Crippen LogP contribution in [0.4, 0.5) is 22.0 Å². The SMILES string of the molecule is OCC1OC(c2ccc(Cl)c(C(F)(F)c3ccc(OCC(F)(F)F)cc3)c2)C(O)C(O)C1O. The Morgan fingerprint density at radius 2 is 1.55 bits per heavy atom. The number of aliphatic hydroxyl groups is 4. The Kier molecular flexibility index (Phi) is 7.52. The van der Waals surface area contributed by atoms with Crippen molar-refractivity contribution >= 4 is 11.6 Å². The highest BCUT2D eigenvalue weighted by molar-refractivity contribution is 6.31. The molecule has 0 saturated carbocycles. The van der Waals surface area contributed by atoms with Gasteiger partial charge >= 0.3 is 6.18 Å². The zero-order chi connectivity index (χ0) is 24.6. The van der Waals surface area contributed by atoms with E-state index in [0.717, 1.165) is 36.4 Å². The molecule has 0 aliphatic carbocycles. The van der Waals surface area contributed by atoms with Gasteiger partial charge in [0, 0.05) is 11.1 Å². The van der Waals surface area contributed by atoms with Crippen LogP contribution in [0.2, 0.25) is 5.02 Å². The number of hydrogen-bond acceptors (Lipinski definition) is 6. The molecule has 1 aliphatic heterocycles. The quantitative estimate of drug-likeness (QED) is 0.457. The Labute approximate surface area is 189 Å². The Morgan fingerprint density at radius 3 is 2.12 bits per heavy atom. The van der Waals surface area contributed by atoms with Crippen LogP contribution in [-0.2, 0) is 10.7 Å². The number of halogens is 6. The van der Waals surface area contributed by atoms with Crippen molar-refractivity contribution in [2.24, 2.45) is 0 Å². The van der Waals surface area contributed by atoms with Crippen LogP contribution in [0, 0.1) is 0 Å². The summed E-state index contributed by atoms with van der Waals surface area (Å²) in [5.74, 6) is -3.96. The van der Waals surface area contributed by atoms with Gasteiger partial charge in [0.25, 0.3) is 5.92 Å². The molecule has 2 aromatic rings. The van der Waals surface area contributed by atoms with Crippen molar-refractivity contribution in [3.05, 3.63) is 64.2 Å². The van der Waals surface area contributed by atoms with E-state index in [0.29, 0.717) is 0 Å². The first-order valence-electron chi connectivity index (χ1n) is 9.63. The van der Waals surface area contributed by atoms with Gasteiger partial charge in [-0.05, 0) is 42.0 Å². The maximum absolute atomic E-state index is 15.2. The first-order valence-corrected chi connectivity index (χ1v) is 10.0. The molecule has 5 unspecified atom stereocenters. The Hall–Kier alpha value is -2.02. The minimum absolute atomic E-state index is 0.00361. The van der Waals surface area contributed by atoms with Gasteiger partial charge in [0.15, 0.2) is 6.61 Å². The molecule has 182 valence electrons. The molecule has 0 bridgehead atoms. The topological polar surface area (TPSA) is 99.4 Å². The molecule has 0 amide bonds. The molecule has 0 radical (unpaired) electrons. The summed E-state index contributed by atoms with van der Waals surface area (Å²) in [6.07, 6.45) is -12.2. The summed E-state index contributed by atoms with van der Waals surface area (Å²) in [6, 6.07) is 7.06. The van der Waals surface area contributed by atoms with E-state index >= 15 is 8.78 Å². The number of benzene rings is 2. The van der Waals surface area contributed by atoms with Crippen LogP contribution < -0.4 is 4.74 Å². The van der Waals surface area contributed by atoms with Crippen LogP contribution >= 0.6 is 11.6 Å².